The van der Waals surface area contributed by atoms with Gasteiger partial charge in [-0.2, -0.15) is 13.2 Å². The predicted molar refractivity (Wildman–Crippen MR) is 149 cm³/mol. The standard InChI is InChI=1S/C29H44F3NO6S/c1-17-9-8-11-27(6,29(30,31)32)12-10-21(18(2)13-20-15-40-28(7,16-34)33-20)39-23(36)14-22(35)26(4,5)25(38)19(3)24(17)37/h8-9,13,15,17,19,21-22,24,33-35,37H,10-12,14,16H2,1-7H3/b9-8+,18-13+/t17?,19?,21?,22-,24?,27?,28?/m0/s1. The number of hydrogen-bond acceptors (Lipinski definition) is 8. The second kappa shape index (κ2) is 13.0. The first-order chi connectivity index (χ1) is 18.3. The number of alkyl halides is 3. The number of ketones is 1. The Labute approximate surface area is 239 Å². The van der Waals surface area contributed by atoms with Crippen LogP contribution in [0, 0.1) is 22.7 Å². The summed E-state index contributed by atoms with van der Waals surface area (Å²) in [5, 5.41) is 36.1. The van der Waals surface area contributed by atoms with Crippen LogP contribution in [0.15, 0.2) is 34.9 Å². The van der Waals surface area contributed by atoms with Crippen LogP contribution in [0.5, 0.6) is 0 Å². The lowest BCUT2D eigenvalue weighted by Crippen LogP contribution is -2.45. The number of esters is 1. The van der Waals surface area contributed by atoms with E-state index >= 15 is 0 Å². The van der Waals surface area contributed by atoms with Crippen molar-refractivity contribution < 1.29 is 42.8 Å². The second-order valence-electron chi connectivity index (χ2n) is 12.2. The molecule has 0 amide bonds. The molecule has 2 heterocycles. The minimum Gasteiger partial charge on any atom is -0.458 e. The zero-order chi connectivity index (χ0) is 30.7. The molecule has 0 spiro atoms. The summed E-state index contributed by atoms with van der Waals surface area (Å²) < 4.78 is 48.5. The Hall–Kier alpha value is -1.82. The van der Waals surface area contributed by atoms with Gasteiger partial charge < -0.3 is 25.4 Å². The lowest BCUT2D eigenvalue weighted by atomic mass is 9.73. The molecule has 11 heteroatoms. The van der Waals surface area contributed by atoms with Gasteiger partial charge in [-0.15, -0.1) is 11.8 Å². The Morgan fingerprint density at radius 1 is 1.20 bits per heavy atom. The van der Waals surface area contributed by atoms with E-state index in [9.17, 15) is 38.1 Å². The van der Waals surface area contributed by atoms with Gasteiger partial charge in [-0.25, -0.2) is 0 Å². The van der Waals surface area contributed by atoms with Crippen LogP contribution in [0.2, 0.25) is 0 Å². The summed E-state index contributed by atoms with van der Waals surface area (Å²) in [6, 6.07) is 0. The SMILES string of the molecule is C/C(=C\C1=CSC(C)(CO)N1)C1CCC(C)(C(F)(F)F)C/C=C/C(C)C(O)C(C)C(=O)C(C)(C)[C@@H](O)CC(=O)O1. The highest BCUT2D eigenvalue weighted by atomic mass is 32.2. The number of carbonyl (C=O) groups excluding carboxylic acids is 2. The fourth-order valence-electron chi connectivity index (χ4n) is 4.87. The second-order valence-corrected chi connectivity index (χ2v) is 13.6. The van der Waals surface area contributed by atoms with Crippen molar-refractivity contribution in [1.82, 2.24) is 5.32 Å². The van der Waals surface area contributed by atoms with Gasteiger partial charge in [0.15, 0.2) is 0 Å². The average Bonchev–Trinajstić information content (AvgIpc) is 3.24. The molecule has 0 bridgehead atoms. The van der Waals surface area contributed by atoms with Crippen molar-refractivity contribution in [2.24, 2.45) is 22.7 Å². The maximum absolute atomic E-state index is 14.3. The van der Waals surface area contributed by atoms with Crippen LogP contribution < -0.4 is 5.32 Å². The normalized spacial score (nSPS) is 37.9. The average molecular weight is 592 g/mol. The van der Waals surface area contributed by atoms with Crippen LogP contribution >= 0.6 is 11.8 Å². The lowest BCUT2D eigenvalue weighted by Gasteiger charge is -2.35. The third kappa shape index (κ3) is 8.14. The van der Waals surface area contributed by atoms with E-state index < -0.39 is 70.2 Å². The van der Waals surface area contributed by atoms with Crippen molar-refractivity contribution in [3.63, 3.8) is 0 Å². The van der Waals surface area contributed by atoms with Gasteiger partial charge in [0, 0.05) is 17.5 Å². The van der Waals surface area contributed by atoms with Crippen molar-refractivity contribution >= 4 is 23.5 Å². The third-order valence-corrected chi connectivity index (χ3v) is 9.39. The maximum atomic E-state index is 14.3. The van der Waals surface area contributed by atoms with Crippen molar-refractivity contribution in [1.29, 1.82) is 0 Å². The number of allylic oxidation sites excluding steroid dienone is 2. The third-order valence-electron chi connectivity index (χ3n) is 8.26. The Bertz CT molecular complexity index is 1030. The number of aliphatic hydroxyl groups excluding tert-OH is 3. The molecule has 0 fully saturated rings. The van der Waals surface area contributed by atoms with Crippen molar-refractivity contribution in [3.8, 4) is 0 Å². The van der Waals surface area contributed by atoms with Crippen LogP contribution in [0.1, 0.15) is 74.1 Å². The van der Waals surface area contributed by atoms with E-state index in [1.54, 1.807) is 32.3 Å². The largest absolute Gasteiger partial charge is 0.458 e. The number of thioether (sulfide) groups is 1. The molecule has 4 N–H and O–H groups in total. The molecule has 0 aliphatic carbocycles. The molecule has 0 aromatic rings. The van der Waals surface area contributed by atoms with Gasteiger partial charge in [-0.3, -0.25) is 9.59 Å². The summed E-state index contributed by atoms with van der Waals surface area (Å²) in [5.41, 5.74) is -2.42. The smallest absolute Gasteiger partial charge is 0.394 e. The Balaban J connectivity index is 2.47. The first-order valence-corrected chi connectivity index (χ1v) is 14.4. The Morgan fingerprint density at radius 2 is 1.82 bits per heavy atom. The summed E-state index contributed by atoms with van der Waals surface area (Å²) in [7, 11) is 0. The minimum atomic E-state index is -4.56. The predicted octanol–water partition coefficient (Wildman–Crippen LogP) is 5.02. The molecular formula is C29H44F3NO6S. The van der Waals surface area contributed by atoms with Crippen LogP contribution in [0.25, 0.3) is 0 Å². The molecule has 2 aliphatic rings. The summed E-state index contributed by atoms with van der Waals surface area (Å²) in [4.78, 5) is 25.5. The van der Waals surface area contributed by atoms with Crippen molar-refractivity contribution in [2.75, 3.05) is 6.61 Å². The molecule has 0 saturated carbocycles. The molecule has 6 unspecified atom stereocenters. The zero-order valence-electron chi connectivity index (χ0n) is 24.3. The number of nitrogens with one attached hydrogen (secondary N) is 1. The maximum Gasteiger partial charge on any atom is 0.394 e. The highest BCUT2D eigenvalue weighted by molar-refractivity contribution is 8.03. The molecule has 7 atom stereocenters. The fourth-order valence-corrected chi connectivity index (χ4v) is 5.63. The van der Waals surface area contributed by atoms with Crippen LogP contribution in [-0.2, 0) is 14.3 Å². The molecule has 40 heavy (non-hydrogen) atoms. The lowest BCUT2D eigenvalue weighted by molar-refractivity contribution is -0.220. The van der Waals surface area contributed by atoms with Crippen molar-refractivity contribution in [2.45, 2.75) is 104 Å². The molecule has 228 valence electrons. The Morgan fingerprint density at radius 3 is 2.38 bits per heavy atom. The first kappa shape index (κ1) is 34.4. The number of carbonyl (C=O) groups is 2. The molecule has 2 aliphatic heterocycles. The highest BCUT2D eigenvalue weighted by Gasteiger charge is 2.50. The van der Waals surface area contributed by atoms with E-state index in [1.165, 1.54) is 44.7 Å². The summed E-state index contributed by atoms with van der Waals surface area (Å²) >= 11 is 1.36. The van der Waals surface area contributed by atoms with Gasteiger partial charge in [0.1, 0.15) is 16.8 Å². The van der Waals surface area contributed by atoms with E-state index in [0.717, 1.165) is 6.92 Å². The van der Waals surface area contributed by atoms with Crippen LogP contribution in [0.3, 0.4) is 0 Å². The number of hydrogen-bond donors (Lipinski definition) is 4. The monoisotopic (exact) mass is 591 g/mol. The molecule has 0 radical (unpaired) electrons. The van der Waals surface area contributed by atoms with Crippen LogP contribution in [0.4, 0.5) is 13.2 Å². The molecular weight excluding hydrogens is 547 g/mol. The Kier molecular flexibility index (Phi) is 11.2. The number of ether oxygens (including phenoxy) is 1. The summed E-state index contributed by atoms with van der Waals surface area (Å²) in [6.45, 7) is 10.5. The van der Waals surface area contributed by atoms with E-state index in [0.29, 0.717) is 11.3 Å². The van der Waals surface area contributed by atoms with Gasteiger partial charge in [0.25, 0.3) is 0 Å². The van der Waals surface area contributed by atoms with Gasteiger partial charge in [-0.05, 0) is 50.2 Å². The van der Waals surface area contributed by atoms with Crippen molar-refractivity contribution in [3.05, 3.63) is 34.9 Å². The number of halogens is 3. The quantitative estimate of drug-likeness (QED) is 0.267. The van der Waals surface area contributed by atoms with Gasteiger partial charge in [0.05, 0.1) is 36.1 Å². The number of Topliss-reactive ketones (excluding diaryl/α,β-unsaturated/α-hetero) is 1. The molecule has 2 rings (SSSR count). The molecule has 7 nitrogen and oxygen atoms in total. The van der Waals surface area contributed by atoms with E-state index in [4.69, 9.17) is 4.74 Å². The van der Waals surface area contributed by atoms with E-state index in [2.05, 4.69) is 5.32 Å². The molecule has 0 saturated heterocycles. The summed E-state index contributed by atoms with van der Waals surface area (Å²) in [6.07, 6.45) is -5.05. The van der Waals surface area contributed by atoms with E-state index in [-0.39, 0.29) is 25.9 Å². The molecule has 0 aromatic heterocycles. The van der Waals surface area contributed by atoms with Gasteiger partial charge >= 0.3 is 12.1 Å². The van der Waals surface area contributed by atoms with Crippen LogP contribution in [-0.4, -0.2) is 63.0 Å². The summed E-state index contributed by atoms with van der Waals surface area (Å²) in [5.74, 6) is -2.87. The zero-order valence-corrected chi connectivity index (χ0v) is 25.2. The molecule has 0 aromatic carbocycles. The highest BCUT2D eigenvalue weighted by Crippen LogP contribution is 2.46. The van der Waals surface area contributed by atoms with Gasteiger partial charge in [0.2, 0.25) is 0 Å². The topological polar surface area (TPSA) is 116 Å². The number of cyclic esters (lactones) is 1. The minimum absolute atomic E-state index is 0.136. The van der Waals surface area contributed by atoms with Gasteiger partial charge in [-0.1, -0.05) is 46.8 Å². The number of rotatable bonds is 3. The first-order valence-electron chi connectivity index (χ1n) is 13.5. The fraction of sp³-hybridized carbons (Fsp3) is 0.724. The number of aliphatic hydroxyl groups is 3. The van der Waals surface area contributed by atoms with E-state index in [1.807, 2.05) is 0 Å².